The van der Waals surface area contributed by atoms with Crippen LogP contribution in [0.25, 0.3) is 0 Å². The zero-order valence-electron chi connectivity index (χ0n) is 9.93. The summed E-state index contributed by atoms with van der Waals surface area (Å²) in [5.41, 5.74) is -0.945. The molecule has 1 aliphatic carbocycles. The van der Waals surface area contributed by atoms with Crippen molar-refractivity contribution in [2.75, 3.05) is 13.1 Å². The Bertz CT molecular complexity index is 295. The summed E-state index contributed by atoms with van der Waals surface area (Å²) in [5.74, 6) is -1.97. The number of nitrogens with zero attached hydrogens (tertiary/aromatic N) is 1. The number of carboxylic acids is 1. The van der Waals surface area contributed by atoms with E-state index in [2.05, 4.69) is 0 Å². The molecule has 0 radical (unpaired) electrons. The van der Waals surface area contributed by atoms with Gasteiger partial charge in [-0.1, -0.05) is 0 Å². The van der Waals surface area contributed by atoms with E-state index in [1.165, 1.54) is 4.90 Å². The second kappa shape index (κ2) is 4.41. The molecule has 16 heavy (non-hydrogen) atoms. The molecule has 5 nitrogen and oxygen atoms in total. The van der Waals surface area contributed by atoms with Gasteiger partial charge in [-0.05, 0) is 27.2 Å². The zero-order valence-corrected chi connectivity index (χ0v) is 9.93. The summed E-state index contributed by atoms with van der Waals surface area (Å²) in [6.07, 6.45) is 0.427. The van der Waals surface area contributed by atoms with Crippen LogP contribution < -0.4 is 0 Å². The summed E-state index contributed by atoms with van der Waals surface area (Å²) < 4.78 is 0. The first-order valence-corrected chi connectivity index (χ1v) is 5.50. The molecule has 1 saturated carbocycles. The molecule has 1 fully saturated rings. The first-order valence-electron chi connectivity index (χ1n) is 5.50. The second-order valence-electron chi connectivity index (χ2n) is 4.95. The van der Waals surface area contributed by atoms with Gasteiger partial charge in [0.2, 0.25) is 5.91 Å². The number of rotatable bonds is 5. The number of amides is 1. The summed E-state index contributed by atoms with van der Waals surface area (Å²) in [7, 11) is 0. The van der Waals surface area contributed by atoms with E-state index in [0.717, 1.165) is 0 Å². The van der Waals surface area contributed by atoms with Crippen molar-refractivity contribution in [3.8, 4) is 0 Å². The van der Waals surface area contributed by atoms with Gasteiger partial charge in [0.05, 0.1) is 17.4 Å². The Balaban J connectivity index is 2.55. The topological polar surface area (TPSA) is 77.8 Å². The molecular weight excluding hydrogens is 210 g/mol. The number of hydrogen-bond acceptors (Lipinski definition) is 3. The Morgan fingerprint density at radius 1 is 1.38 bits per heavy atom. The highest BCUT2D eigenvalue weighted by atomic mass is 16.4. The first-order chi connectivity index (χ1) is 7.26. The minimum absolute atomic E-state index is 0.156. The van der Waals surface area contributed by atoms with Crippen molar-refractivity contribution in [2.45, 2.75) is 32.8 Å². The van der Waals surface area contributed by atoms with Crippen LogP contribution in [0.4, 0.5) is 0 Å². The van der Waals surface area contributed by atoms with E-state index in [1.807, 2.05) is 6.92 Å². The highest BCUT2D eigenvalue weighted by Gasteiger charge is 2.49. The molecule has 0 aromatic heterocycles. The third-order valence-corrected chi connectivity index (χ3v) is 2.70. The average Bonchev–Trinajstić information content (AvgIpc) is 2.90. The summed E-state index contributed by atoms with van der Waals surface area (Å²) in [6.45, 7) is 5.81. The van der Waals surface area contributed by atoms with E-state index in [0.29, 0.717) is 13.0 Å². The van der Waals surface area contributed by atoms with E-state index < -0.39 is 17.5 Å². The zero-order chi connectivity index (χ0) is 12.5. The van der Waals surface area contributed by atoms with Gasteiger partial charge in [-0.3, -0.25) is 9.59 Å². The van der Waals surface area contributed by atoms with Crippen LogP contribution in [0.2, 0.25) is 0 Å². The SMILES string of the molecule is CCN(CC(C)(C)O)C(=O)C1CC1C(=O)O. The highest BCUT2D eigenvalue weighted by Crippen LogP contribution is 2.40. The lowest BCUT2D eigenvalue weighted by Gasteiger charge is -2.28. The van der Waals surface area contributed by atoms with Crippen LogP contribution in [0.15, 0.2) is 0 Å². The number of carbonyl (C=O) groups is 2. The fourth-order valence-corrected chi connectivity index (χ4v) is 1.79. The van der Waals surface area contributed by atoms with Crippen molar-refractivity contribution in [1.82, 2.24) is 4.90 Å². The predicted octanol–water partition coefficient (Wildman–Crippen LogP) is 0.326. The molecule has 1 aliphatic rings. The molecule has 0 heterocycles. The maximum absolute atomic E-state index is 11.9. The van der Waals surface area contributed by atoms with Crippen molar-refractivity contribution < 1.29 is 19.8 Å². The smallest absolute Gasteiger partial charge is 0.307 e. The molecule has 2 atom stereocenters. The quantitative estimate of drug-likeness (QED) is 0.712. The van der Waals surface area contributed by atoms with Crippen LogP contribution in [0.3, 0.4) is 0 Å². The van der Waals surface area contributed by atoms with E-state index in [1.54, 1.807) is 13.8 Å². The third-order valence-electron chi connectivity index (χ3n) is 2.70. The highest BCUT2D eigenvalue weighted by molar-refractivity contribution is 5.89. The molecule has 0 saturated heterocycles. The number of aliphatic hydroxyl groups is 1. The van der Waals surface area contributed by atoms with E-state index in [-0.39, 0.29) is 18.4 Å². The summed E-state index contributed by atoms with van der Waals surface area (Å²) >= 11 is 0. The number of aliphatic carboxylic acids is 1. The van der Waals surface area contributed by atoms with Crippen LogP contribution in [0.5, 0.6) is 0 Å². The Labute approximate surface area is 95.1 Å². The fraction of sp³-hybridized carbons (Fsp3) is 0.818. The maximum Gasteiger partial charge on any atom is 0.307 e. The fourth-order valence-electron chi connectivity index (χ4n) is 1.79. The third kappa shape index (κ3) is 3.20. The largest absolute Gasteiger partial charge is 0.481 e. The Kier molecular flexibility index (Phi) is 3.57. The van der Waals surface area contributed by atoms with Crippen molar-refractivity contribution in [3.05, 3.63) is 0 Å². The normalized spacial score (nSPS) is 24.0. The molecular formula is C11H19NO4. The number of carboxylic acid groups (broad SMARTS) is 1. The van der Waals surface area contributed by atoms with Crippen LogP contribution >= 0.6 is 0 Å². The van der Waals surface area contributed by atoms with Gasteiger partial charge >= 0.3 is 5.97 Å². The van der Waals surface area contributed by atoms with E-state index >= 15 is 0 Å². The predicted molar refractivity (Wildman–Crippen MR) is 57.8 cm³/mol. The molecule has 2 unspecified atom stereocenters. The van der Waals surface area contributed by atoms with Gasteiger partial charge in [0.1, 0.15) is 0 Å². The molecule has 2 N–H and O–H groups in total. The standard InChI is InChI=1S/C11H19NO4/c1-4-12(6-11(2,3)16)9(13)7-5-8(7)10(14)15/h7-8,16H,4-6H2,1-3H3,(H,14,15). The van der Waals surface area contributed by atoms with Gasteiger partial charge in [0.25, 0.3) is 0 Å². The van der Waals surface area contributed by atoms with Crippen molar-refractivity contribution in [2.24, 2.45) is 11.8 Å². The van der Waals surface area contributed by atoms with Gasteiger partial charge in [-0.15, -0.1) is 0 Å². The molecule has 1 rings (SSSR count). The Hall–Kier alpha value is -1.10. The molecule has 0 aromatic carbocycles. The molecule has 0 spiro atoms. The number of likely N-dealkylation sites (N-methyl/N-ethyl adjacent to an activating group) is 1. The summed E-state index contributed by atoms with van der Waals surface area (Å²) in [5, 5.41) is 18.4. The maximum atomic E-state index is 11.9. The van der Waals surface area contributed by atoms with Crippen LogP contribution in [0.1, 0.15) is 27.2 Å². The van der Waals surface area contributed by atoms with Crippen LogP contribution in [-0.4, -0.2) is 45.7 Å². The Morgan fingerprint density at radius 2 is 1.94 bits per heavy atom. The van der Waals surface area contributed by atoms with Crippen molar-refractivity contribution in [3.63, 3.8) is 0 Å². The molecule has 1 amide bonds. The lowest BCUT2D eigenvalue weighted by molar-refractivity contribution is -0.142. The van der Waals surface area contributed by atoms with Gasteiger partial charge in [-0.25, -0.2) is 0 Å². The number of carbonyl (C=O) groups excluding carboxylic acids is 1. The minimum atomic E-state index is -0.945. The van der Waals surface area contributed by atoms with Gasteiger partial charge in [0.15, 0.2) is 0 Å². The molecule has 0 aliphatic heterocycles. The van der Waals surface area contributed by atoms with E-state index in [4.69, 9.17) is 5.11 Å². The Morgan fingerprint density at radius 3 is 2.25 bits per heavy atom. The lowest BCUT2D eigenvalue weighted by Crippen LogP contribution is -2.43. The number of hydrogen-bond donors (Lipinski definition) is 2. The minimum Gasteiger partial charge on any atom is -0.481 e. The monoisotopic (exact) mass is 229 g/mol. The molecule has 5 heteroatoms. The average molecular weight is 229 g/mol. The van der Waals surface area contributed by atoms with Gasteiger partial charge in [-0.2, -0.15) is 0 Å². The van der Waals surface area contributed by atoms with Gasteiger partial charge in [0, 0.05) is 13.1 Å². The molecule has 0 aromatic rings. The second-order valence-corrected chi connectivity index (χ2v) is 4.95. The van der Waals surface area contributed by atoms with Crippen LogP contribution in [0, 0.1) is 11.8 Å². The molecule has 92 valence electrons. The summed E-state index contributed by atoms with van der Waals surface area (Å²) in [4.78, 5) is 24.1. The van der Waals surface area contributed by atoms with Crippen molar-refractivity contribution in [1.29, 1.82) is 0 Å². The van der Waals surface area contributed by atoms with Crippen molar-refractivity contribution >= 4 is 11.9 Å². The van der Waals surface area contributed by atoms with Gasteiger partial charge < -0.3 is 15.1 Å². The van der Waals surface area contributed by atoms with Crippen LogP contribution in [-0.2, 0) is 9.59 Å². The summed E-state index contributed by atoms with van der Waals surface area (Å²) in [6, 6.07) is 0. The van der Waals surface area contributed by atoms with E-state index in [9.17, 15) is 14.7 Å². The molecule has 0 bridgehead atoms. The first kappa shape index (κ1) is 13.0. The lowest BCUT2D eigenvalue weighted by atomic mass is 10.1.